The van der Waals surface area contributed by atoms with Gasteiger partial charge >= 0.3 is 6.18 Å². The average Bonchev–Trinajstić information content (AvgIpc) is 2.93. The van der Waals surface area contributed by atoms with Crippen molar-refractivity contribution in [1.29, 1.82) is 0 Å². The second-order valence-electron chi connectivity index (χ2n) is 6.14. The summed E-state index contributed by atoms with van der Waals surface area (Å²) in [5, 5.41) is 3.33. The van der Waals surface area contributed by atoms with Gasteiger partial charge in [-0.25, -0.2) is 0 Å². The first kappa shape index (κ1) is 14.4. The molecule has 1 aromatic carbocycles. The Hall–Kier alpha value is -1.03. The van der Waals surface area contributed by atoms with Crippen molar-refractivity contribution in [2.24, 2.45) is 11.3 Å². The van der Waals surface area contributed by atoms with Crippen molar-refractivity contribution in [3.8, 4) is 0 Å². The Balaban J connectivity index is 1.97. The molecule has 0 aromatic heterocycles. The zero-order valence-corrected chi connectivity index (χ0v) is 11.5. The highest BCUT2D eigenvalue weighted by molar-refractivity contribution is 5.27. The second-order valence-corrected chi connectivity index (χ2v) is 6.14. The predicted octanol–water partition coefficient (Wildman–Crippen LogP) is 4.40. The zero-order valence-electron chi connectivity index (χ0n) is 11.5. The van der Waals surface area contributed by atoms with Gasteiger partial charge in [0.05, 0.1) is 5.56 Å². The van der Waals surface area contributed by atoms with Gasteiger partial charge in [-0.2, -0.15) is 13.2 Å². The smallest absolute Gasteiger partial charge is 0.310 e. The molecule has 0 amide bonds. The van der Waals surface area contributed by atoms with Gasteiger partial charge in [0, 0.05) is 6.04 Å². The van der Waals surface area contributed by atoms with Crippen LogP contribution in [-0.2, 0) is 6.18 Å². The van der Waals surface area contributed by atoms with E-state index in [9.17, 15) is 13.2 Å². The van der Waals surface area contributed by atoms with E-state index in [0.29, 0.717) is 16.9 Å². The molecular weight excluding hydrogens is 251 g/mol. The van der Waals surface area contributed by atoms with E-state index in [-0.39, 0.29) is 6.04 Å². The normalized spacial score (nSPS) is 23.2. The van der Waals surface area contributed by atoms with Crippen molar-refractivity contribution in [3.63, 3.8) is 0 Å². The third-order valence-corrected chi connectivity index (χ3v) is 4.10. The lowest BCUT2D eigenvalue weighted by Crippen LogP contribution is -2.22. The van der Waals surface area contributed by atoms with Gasteiger partial charge in [-0.3, -0.25) is 0 Å². The largest absolute Gasteiger partial charge is 0.416 e. The van der Waals surface area contributed by atoms with Crippen LogP contribution in [0.1, 0.15) is 44.4 Å². The predicted molar refractivity (Wildman–Crippen MR) is 69.7 cm³/mol. The maximum Gasteiger partial charge on any atom is 0.416 e. The first-order chi connectivity index (χ1) is 8.70. The van der Waals surface area contributed by atoms with Crippen LogP contribution in [0.15, 0.2) is 24.3 Å². The molecule has 0 bridgehead atoms. The van der Waals surface area contributed by atoms with Gasteiger partial charge in [-0.1, -0.05) is 26.0 Å². The standard InChI is InChI=1S/C15H20F3N/c1-10(19-9-13-8-14(13,2)3)11-5-4-6-12(7-11)15(16,17)18/h4-7,10,13,19H,8-9H2,1-3H3. The van der Waals surface area contributed by atoms with Crippen LogP contribution in [0.5, 0.6) is 0 Å². The lowest BCUT2D eigenvalue weighted by Gasteiger charge is -2.16. The van der Waals surface area contributed by atoms with Crippen LogP contribution in [0.25, 0.3) is 0 Å². The molecule has 2 unspecified atom stereocenters. The van der Waals surface area contributed by atoms with Gasteiger partial charge in [-0.15, -0.1) is 0 Å². The third-order valence-electron chi connectivity index (χ3n) is 4.10. The van der Waals surface area contributed by atoms with Crippen LogP contribution in [0.4, 0.5) is 13.2 Å². The minimum absolute atomic E-state index is 0.0568. The first-order valence-corrected chi connectivity index (χ1v) is 6.61. The Morgan fingerprint density at radius 1 is 1.37 bits per heavy atom. The van der Waals surface area contributed by atoms with Crippen molar-refractivity contribution in [3.05, 3.63) is 35.4 Å². The maximum atomic E-state index is 12.6. The van der Waals surface area contributed by atoms with Gasteiger partial charge in [0.1, 0.15) is 0 Å². The van der Waals surface area contributed by atoms with Crippen LogP contribution >= 0.6 is 0 Å². The van der Waals surface area contributed by atoms with E-state index in [0.717, 1.165) is 12.6 Å². The third kappa shape index (κ3) is 3.50. The van der Waals surface area contributed by atoms with Crippen LogP contribution in [0, 0.1) is 11.3 Å². The molecule has 2 rings (SSSR count). The second kappa shape index (κ2) is 4.82. The summed E-state index contributed by atoms with van der Waals surface area (Å²) in [5.74, 6) is 0.640. The maximum absolute atomic E-state index is 12.6. The topological polar surface area (TPSA) is 12.0 Å². The SMILES string of the molecule is CC(NCC1CC1(C)C)c1cccc(C(F)(F)F)c1. The first-order valence-electron chi connectivity index (χ1n) is 6.61. The number of benzene rings is 1. The Labute approximate surface area is 112 Å². The minimum Gasteiger partial charge on any atom is -0.310 e. The average molecular weight is 271 g/mol. The molecule has 0 radical (unpaired) electrons. The number of rotatable bonds is 4. The van der Waals surface area contributed by atoms with Crippen molar-refractivity contribution in [2.75, 3.05) is 6.54 Å². The molecule has 1 saturated carbocycles. The van der Waals surface area contributed by atoms with E-state index >= 15 is 0 Å². The number of hydrogen-bond acceptors (Lipinski definition) is 1. The fourth-order valence-corrected chi connectivity index (χ4v) is 2.35. The van der Waals surface area contributed by atoms with Gasteiger partial charge in [0.15, 0.2) is 0 Å². The highest BCUT2D eigenvalue weighted by atomic mass is 19.4. The summed E-state index contributed by atoms with van der Waals surface area (Å²) in [6.07, 6.45) is -3.08. The molecule has 1 fully saturated rings. The zero-order chi connectivity index (χ0) is 14.3. The summed E-state index contributed by atoms with van der Waals surface area (Å²) < 4.78 is 37.9. The molecule has 4 heteroatoms. The Kier molecular flexibility index (Phi) is 3.65. The molecule has 19 heavy (non-hydrogen) atoms. The minimum atomic E-state index is -4.27. The molecule has 1 N–H and O–H groups in total. The van der Waals surface area contributed by atoms with E-state index < -0.39 is 11.7 Å². The fourth-order valence-electron chi connectivity index (χ4n) is 2.35. The van der Waals surface area contributed by atoms with Crippen molar-refractivity contribution in [1.82, 2.24) is 5.32 Å². The summed E-state index contributed by atoms with van der Waals surface area (Å²) in [6.45, 7) is 7.21. The molecule has 0 heterocycles. The Bertz CT molecular complexity index is 451. The molecule has 0 aliphatic heterocycles. The number of hydrogen-bond donors (Lipinski definition) is 1. The molecular formula is C15H20F3N. The highest BCUT2D eigenvalue weighted by Gasteiger charge is 2.44. The Morgan fingerprint density at radius 3 is 2.53 bits per heavy atom. The lowest BCUT2D eigenvalue weighted by molar-refractivity contribution is -0.137. The molecule has 2 atom stereocenters. The summed E-state index contributed by atoms with van der Waals surface area (Å²) in [7, 11) is 0. The molecule has 1 aliphatic rings. The molecule has 0 spiro atoms. The highest BCUT2D eigenvalue weighted by Crippen LogP contribution is 2.51. The number of nitrogens with one attached hydrogen (secondary N) is 1. The number of alkyl halides is 3. The molecule has 0 saturated heterocycles. The summed E-state index contributed by atoms with van der Waals surface area (Å²) in [4.78, 5) is 0. The summed E-state index contributed by atoms with van der Waals surface area (Å²) in [5.41, 5.74) is 0.499. The monoisotopic (exact) mass is 271 g/mol. The van der Waals surface area contributed by atoms with Gasteiger partial charge in [-0.05, 0) is 48.9 Å². The van der Waals surface area contributed by atoms with E-state index in [2.05, 4.69) is 19.2 Å². The Morgan fingerprint density at radius 2 is 2.00 bits per heavy atom. The fraction of sp³-hybridized carbons (Fsp3) is 0.600. The van der Waals surface area contributed by atoms with E-state index in [4.69, 9.17) is 0 Å². The van der Waals surface area contributed by atoms with E-state index in [1.807, 2.05) is 6.92 Å². The molecule has 1 aliphatic carbocycles. The van der Waals surface area contributed by atoms with Crippen LogP contribution < -0.4 is 5.32 Å². The van der Waals surface area contributed by atoms with Crippen molar-refractivity contribution >= 4 is 0 Å². The molecule has 1 aromatic rings. The lowest BCUT2D eigenvalue weighted by atomic mass is 10.0. The van der Waals surface area contributed by atoms with E-state index in [1.165, 1.54) is 18.6 Å². The van der Waals surface area contributed by atoms with Crippen LogP contribution in [0.3, 0.4) is 0 Å². The molecule has 106 valence electrons. The van der Waals surface area contributed by atoms with E-state index in [1.54, 1.807) is 6.07 Å². The van der Waals surface area contributed by atoms with Gasteiger partial charge in [0.25, 0.3) is 0 Å². The summed E-state index contributed by atoms with van der Waals surface area (Å²) >= 11 is 0. The van der Waals surface area contributed by atoms with Gasteiger partial charge in [0.2, 0.25) is 0 Å². The van der Waals surface area contributed by atoms with Crippen molar-refractivity contribution in [2.45, 2.75) is 39.4 Å². The molecule has 1 nitrogen and oxygen atoms in total. The van der Waals surface area contributed by atoms with Gasteiger partial charge < -0.3 is 5.32 Å². The number of halogens is 3. The summed E-state index contributed by atoms with van der Waals surface area (Å²) in [6, 6.07) is 5.50. The van der Waals surface area contributed by atoms with Crippen molar-refractivity contribution < 1.29 is 13.2 Å². The van der Waals surface area contributed by atoms with Crippen LogP contribution in [-0.4, -0.2) is 6.54 Å². The van der Waals surface area contributed by atoms with Crippen LogP contribution in [0.2, 0.25) is 0 Å². The quantitative estimate of drug-likeness (QED) is 0.855.